The number of carbonyl (C=O) groups is 1. The number of hydrogen-bond acceptors (Lipinski definition) is 3. The molecule has 0 spiro atoms. The maximum absolute atomic E-state index is 10.5. The van der Waals surface area contributed by atoms with Crippen LogP contribution in [0.5, 0.6) is 0 Å². The van der Waals surface area contributed by atoms with E-state index in [4.69, 9.17) is 0 Å². The summed E-state index contributed by atoms with van der Waals surface area (Å²) in [5.41, 5.74) is 0. The van der Waals surface area contributed by atoms with Crippen molar-refractivity contribution < 1.29 is 4.79 Å². The van der Waals surface area contributed by atoms with Gasteiger partial charge >= 0.3 is 0 Å². The molecule has 0 N–H and O–H groups in total. The molecule has 0 bridgehead atoms. The lowest BCUT2D eigenvalue weighted by atomic mass is 10.2. The number of nitrogens with zero attached hydrogens (tertiary/aromatic N) is 2. The van der Waals surface area contributed by atoms with Gasteiger partial charge in [0.25, 0.3) is 0 Å². The predicted molar refractivity (Wildman–Crippen MR) is 64.8 cm³/mol. The first-order valence-electron chi connectivity index (χ1n) is 5.23. The van der Waals surface area contributed by atoms with Gasteiger partial charge in [-0.15, -0.1) is 0 Å². The highest BCUT2D eigenvalue weighted by Crippen LogP contribution is 1.97. The summed E-state index contributed by atoms with van der Waals surface area (Å²) in [6, 6.07) is 0. The fraction of sp³-hybridized carbons (Fsp3) is 0.583. The zero-order valence-corrected chi connectivity index (χ0v) is 10.2. The summed E-state index contributed by atoms with van der Waals surface area (Å²) in [6.07, 6.45) is 8.28. The SMILES string of the molecule is C/C=C\CN(C)C.CN1C=CC(=O)CC1. The van der Waals surface area contributed by atoms with E-state index in [1.54, 1.807) is 6.08 Å². The molecule has 15 heavy (non-hydrogen) atoms. The molecule has 0 atom stereocenters. The lowest BCUT2D eigenvalue weighted by Gasteiger charge is -2.15. The maximum atomic E-state index is 10.5. The van der Waals surface area contributed by atoms with Crippen LogP contribution in [0.1, 0.15) is 13.3 Å². The standard InChI is InChI=1S/C6H9NO.C6H13N/c1-7-4-2-6(8)3-5-7;1-4-5-6-7(2)3/h2,4H,3,5H2,1H3;4-5H,6H2,1-3H3/b;5-4-. The maximum Gasteiger partial charge on any atom is 0.158 e. The molecule has 0 fully saturated rings. The van der Waals surface area contributed by atoms with Crippen LogP contribution < -0.4 is 0 Å². The second kappa shape index (κ2) is 8.24. The molecule has 0 aromatic carbocycles. The molecule has 86 valence electrons. The molecule has 1 aliphatic heterocycles. The first-order valence-corrected chi connectivity index (χ1v) is 5.23. The number of likely N-dealkylation sites (N-methyl/N-ethyl adjacent to an activating group) is 1. The molecule has 0 saturated heterocycles. The van der Waals surface area contributed by atoms with E-state index in [1.807, 2.05) is 25.1 Å². The highest BCUT2D eigenvalue weighted by Gasteiger charge is 2.03. The van der Waals surface area contributed by atoms with E-state index >= 15 is 0 Å². The van der Waals surface area contributed by atoms with Gasteiger partial charge in [0.05, 0.1) is 0 Å². The fourth-order valence-corrected chi connectivity index (χ4v) is 0.971. The third-order valence-corrected chi connectivity index (χ3v) is 1.93. The molecule has 0 unspecified atom stereocenters. The van der Waals surface area contributed by atoms with Crippen molar-refractivity contribution in [1.82, 2.24) is 9.80 Å². The van der Waals surface area contributed by atoms with Crippen molar-refractivity contribution in [1.29, 1.82) is 0 Å². The van der Waals surface area contributed by atoms with Gasteiger partial charge in [-0.25, -0.2) is 0 Å². The van der Waals surface area contributed by atoms with Gasteiger partial charge in [0, 0.05) is 32.8 Å². The van der Waals surface area contributed by atoms with Crippen molar-refractivity contribution in [2.75, 3.05) is 34.2 Å². The average Bonchev–Trinajstić information content (AvgIpc) is 2.20. The lowest BCUT2D eigenvalue weighted by molar-refractivity contribution is -0.115. The van der Waals surface area contributed by atoms with Gasteiger partial charge in [-0.3, -0.25) is 4.79 Å². The molecule has 0 saturated carbocycles. The summed E-state index contributed by atoms with van der Waals surface area (Å²) in [5.74, 6) is 0.239. The molecule has 1 aliphatic rings. The lowest BCUT2D eigenvalue weighted by Crippen LogP contribution is -2.19. The Morgan fingerprint density at radius 1 is 1.53 bits per heavy atom. The largest absolute Gasteiger partial charge is 0.380 e. The summed E-state index contributed by atoms with van der Waals surface area (Å²) in [6.45, 7) is 3.95. The van der Waals surface area contributed by atoms with Crippen molar-refractivity contribution in [2.45, 2.75) is 13.3 Å². The Labute approximate surface area is 93.1 Å². The monoisotopic (exact) mass is 210 g/mol. The minimum atomic E-state index is 0.239. The molecular formula is C12H22N2O. The number of ketones is 1. The average molecular weight is 210 g/mol. The smallest absolute Gasteiger partial charge is 0.158 e. The van der Waals surface area contributed by atoms with Crippen molar-refractivity contribution in [3.05, 3.63) is 24.4 Å². The number of carbonyl (C=O) groups excluding carboxylic acids is 1. The third-order valence-electron chi connectivity index (χ3n) is 1.93. The van der Waals surface area contributed by atoms with Crippen molar-refractivity contribution in [2.24, 2.45) is 0 Å². The molecular weight excluding hydrogens is 188 g/mol. The van der Waals surface area contributed by atoms with E-state index in [9.17, 15) is 4.79 Å². The second-order valence-corrected chi connectivity index (χ2v) is 3.84. The summed E-state index contributed by atoms with van der Waals surface area (Å²) >= 11 is 0. The first-order chi connectivity index (χ1) is 7.06. The van der Waals surface area contributed by atoms with E-state index in [2.05, 4.69) is 31.1 Å². The highest BCUT2D eigenvalue weighted by molar-refractivity contribution is 5.90. The van der Waals surface area contributed by atoms with Gasteiger partial charge in [0.1, 0.15) is 0 Å². The Kier molecular flexibility index (Phi) is 7.64. The molecule has 0 aromatic rings. The van der Waals surface area contributed by atoms with E-state index in [0.29, 0.717) is 6.42 Å². The van der Waals surface area contributed by atoms with Gasteiger partial charge in [0.15, 0.2) is 5.78 Å². The van der Waals surface area contributed by atoms with Crippen molar-refractivity contribution in [3.8, 4) is 0 Å². The Bertz CT molecular complexity index is 232. The van der Waals surface area contributed by atoms with E-state index in [0.717, 1.165) is 13.1 Å². The van der Waals surface area contributed by atoms with E-state index < -0.39 is 0 Å². The van der Waals surface area contributed by atoms with Crippen LogP contribution in [-0.2, 0) is 4.79 Å². The molecule has 1 heterocycles. The first kappa shape index (κ1) is 13.9. The zero-order valence-electron chi connectivity index (χ0n) is 10.2. The van der Waals surface area contributed by atoms with Crippen LogP contribution in [0.2, 0.25) is 0 Å². The van der Waals surface area contributed by atoms with Crippen LogP contribution in [0.4, 0.5) is 0 Å². The van der Waals surface area contributed by atoms with Gasteiger partial charge in [0.2, 0.25) is 0 Å². The summed E-state index contributed by atoms with van der Waals surface area (Å²) in [4.78, 5) is 14.6. The number of hydrogen-bond donors (Lipinski definition) is 0. The van der Waals surface area contributed by atoms with Crippen LogP contribution in [0.15, 0.2) is 24.4 Å². The Morgan fingerprint density at radius 2 is 2.20 bits per heavy atom. The summed E-state index contributed by atoms with van der Waals surface area (Å²) < 4.78 is 0. The van der Waals surface area contributed by atoms with Gasteiger partial charge in [-0.2, -0.15) is 0 Å². The Balaban J connectivity index is 0.000000265. The molecule has 3 nitrogen and oxygen atoms in total. The quantitative estimate of drug-likeness (QED) is 0.646. The number of rotatable bonds is 2. The molecule has 0 aliphatic carbocycles. The van der Waals surface area contributed by atoms with Crippen molar-refractivity contribution >= 4 is 5.78 Å². The minimum Gasteiger partial charge on any atom is -0.380 e. The van der Waals surface area contributed by atoms with Crippen LogP contribution in [-0.4, -0.2) is 49.8 Å². The van der Waals surface area contributed by atoms with Gasteiger partial charge in [-0.1, -0.05) is 12.2 Å². The Hall–Kier alpha value is -1.09. The molecule has 0 amide bonds. The molecule has 0 radical (unpaired) electrons. The normalized spacial score (nSPS) is 15.8. The van der Waals surface area contributed by atoms with E-state index in [1.165, 1.54) is 0 Å². The zero-order chi connectivity index (χ0) is 11.7. The predicted octanol–water partition coefficient (Wildman–Crippen LogP) is 1.53. The Morgan fingerprint density at radius 3 is 2.47 bits per heavy atom. The van der Waals surface area contributed by atoms with E-state index in [-0.39, 0.29) is 5.78 Å². The van der Waals surface area contributed by atoms with Gasteiger partial charge < -0.3 is 9.80 Å². The summed E-state index contributed by atoms with van der Waals surface area (Å²) in [7, 11) is 6.07. The minimum absolute atomic E-state index is 0.239. The van der Waals surface area contributed by atoms with Crippen LogP contribution in [0.25, 0.3) is 0 Å². The topological polar surface area (TPSA) is 23.6 Å². The van der Waals surface area contributed by atoms with Crippen LogP contribution >= 0.6 is 0 Å². The highest BCUT2D eigenvalue weighted by atomic mass is 16.1. The molecule has 3 heteroatoms. The third kappa shape index (κ3) is 9.22. The molecule has 0 aromatic heterocycles. The number of allylic oxidation sites excluding steroid dienone is 2. The van der Waals surface area contributed by atoms with Crippen LogP contribution in [0.3, 0.4) is 0 Å². The summed E-state index contributed by atoms with van der Waals surface area (Å²) in [5, 5.41) is 0. The van der Waals surface area contributed by atoms with Crippen LogP contribution in [0, 0.1) is 0 Å². The van der Waals surface area contributed by atoms with Crippen molar-refractivity contribution in [3.63, 3.8) is 0 Å². The molecule has 1 rings (SSSR count). The second-order valence-electron chi connectivity index (χ2n) is 3.84. The fourth-order valence-electron chi connectivity index (χ4n) is 0.971. The van der Waals surface area contributed by atoms with Gasteiger partial charge in [-0.05, 0) is 27.1 Å².